The first-order chi connectivity index (χ1) is 15.0. The molecule has 0 atom stereocenters. The Bertz CT molecular complexity index is 1290. The first kappa shape index (κ1) is 20.7. The average molecular weight is 454 g/mol. The van der Waals surface area contributed by atoms with E-state index in [-0.39, 0.29) is 10.6 Å². The summed E-state index contributed by atoms with van der Waals surface area (Å²) in [6.07, 6.45) is 1.59. The Morgan fingerprint density at radius 2 is 1.68 bits per heavy atom. The van der Waals surface area contributed by atoms with Crippen LogP contribution < -0.4 is 9.61 Å². The molecule has 0 radical (unpaired) electrons. The highest BCUT2D eigenvalue weighted by molar-refractivity contribution is 7.87. The Kier molecular flexibility index (Phi) is 6.06. The van der Waals surface area contributed by atoms with Crippen molar-refractivity contribution >= 4 is 32.8 Å². The van der Waals surface area contributed by atoms with Crippen LogP contribution in [0.4, 0.5) is 9.52 Å². The first-order valence-corrected chi connectivity index (χ1v) is 11.4. The highest BCUT2D eigenvalue weighted by atomic mass is 32.2. The van der Waals surface area contributed by atoms with E-state index in [9.17, 15) is 12.8 Å². The van der Waals surface area contributed by atoms with E-state index in [4.69, 9.17) is 4.18 Å². The number of aromatic nitrogens is 1. The fourth-order valence-corrected chi connectivity index (χ4v) is 4.21. The third-order valence-corrected chi connectivity index (χ3v) is 6.14. The zero-order valence-electron chi connectivity index (χ0n) is 16.0. The van der Waals surface area contributed by atoms with Crippen LogP contribution >= 0.6 is 11.3 Å². The molecular weight excluding hydrogens is 437 g/mol. The van der Waals surface area contributed by atoms with Gasteiger partial charge in [-0.25, -0.2) is 9.37 Å². The standard InChI is InChI=1S/C22H16FN3O3S2/c23-18-8-12-20(13-9-18)31(27,28)29-19-10-6-16(7-11-19)14-24-26-22-25-21(15-30-22)17-4-2-1-3-5-17/h1-15H,(H,25,26)/b24-14-. The van der Waals surface area contributed by atoms with Crippen LogP contribution in [0.15, 0.2) is 94.2 Å². The maximum Gasteiger partial charge on any atom is 0.339 e. The Morgan fingerprint density at radius 1 is 0.968 bits per heavy atom. The molecule has 0 aliphatic heterocycles. The van der Waals surface area contributed by atoms with Crippen LogP contribution in [0.25, 0.3) is 11.3 Å². The number of hydrogen-bond donors (Lipinski definition) is 1. The van der Waals surface area contributed by atoms with Crippen LogP contribution in [-0.4, -0.2) is 19.6 Å². The second-order valence-electron chi connectivity index (χ2n) is 6.33. The van der Waals surface area contributed by atoms with Crippen molar-refractivity contribution in [3.8, 4) is 17.0 Å². The van der Waals surface area contributed by atoms with Gasteiger partial charge in [-0.05, 0) is 54.1 Å². The molecule has 0 saturated heterocycles. The average Bonchev–Trinajstić information content (AvgIpc) is 3.25. The molecule has 0 fully saturated rings. The first-order valence-electron chi connectivity index (χ1n) is 9.10. The number of thiazole rings is 1. The number of nitrogens with one attached hydrogen (secondary N) is 1. The molecule has 4 rings (SSSR count). The van der Waals surface area contributed by atoms with Crippen molar-refractivity contribution in [1.29, 1.82) is 0 Å². The molecular formula is C22H16FN3O3S2. The van der Waals surface area contributed by atoms with Crippen molar-refractivity contribution in [2.45, 2.75) is 4.90 Å². The van der Waals surface area contributed by atoms with E-state index in [0.29, 0.717) is 5.13 Å². The van der Waals surface area contributed by atoms with Crippen LogP contribution in [-0.2, 0) is 10.1 Å². The van der Waals surface area contributed by atoms with Gasteiger partial charge in [0.25, 0.3) is 0 Å². The van der Waals surface area contributed by atoms with Gasteiger partial charge in [0.1, 0.15) is 16.5 Å². The normalized spacial score (nSPS) is 11.5. The summed E-state index contributed by atoms with van der Waals surface area (Å²) in [5, 5.41) is 6.76. The van der Waals surface area contributed by atoms with Crippen molar-refractivity contribution in [2.24, 2.45) is 5.10 Å². The summed E-state index contributed by atoms with van der Waals surface area (Å²) in [7, 11) is -4.04. The largest absolute Gasteiger partial charge is 0.379 e. The molecule has 0 bridgehead atoms. The van der Waals surface area contributed by atoms with E-state index in [1.165, 1.54) is 23.5 Å². The van der Waals surface area contributed by atoms with E-state index in [2.05, 4.69) is 15.5 Å². The van der Waals surface area contributed by atoms with Gasteiger partial charge in [-0.2, -0.15) is 13.5 Å². The summed E-state index contributed by atoms with van der Waals surface area (Å²) in [6, 6.07) is 20.6. The van der Waals surface area contributed by atoms with Crippen LogP contribution in [0.3, 0.4) is 0 Å². The molecule has 0 aliphatic rings. The lowest BCUT2D eigenvalue weighted by atomic mass is 10.2. The number of nitrogens with zero attached hydrogens (tertiary/aromatic N) is 2. The monoisotopic (exact) mass is 453 g/mol. The quantitative estimate of drug-likeness (QED) is 0.237. The van der Waals surface area contributed by atoms with Crippen molar-refractivity contribution < 1.29 is 17.0 Å². The molecule has 6 nitrogen and oxygen atoms in total. The Hall–Kier alpha value is -3.56. The van der Waals surface area contributed by atoms with Gasteiger partial charge in [0, 0.05) is 10.9 Å². The number of rotatable bonds is 7. The minimum absolute atomic E-state index is 0.123. The summed E-state index contributed by atoms with van der Waals surface area (Å²) in [4.78, 5) is 4.36. The Morgan fingerprint density at radius 3 is 2.39 bits per heavy atom. The highest BCUT2D eigenvalue weighted by Crippen LogP contribution is 2.24. The fourth-order valence-electron chi connectivity index (χ4n) is 2.61. The molecule has 0 saturated carbocycles. The van der Waals surface area contributed by atoms with E-state index in [0.717, 1.165) is 41.1 Å². The molecule has 0 amide bonds. The van der Waals surface area contributed by atoms with Crippen molar-refractivity contribution in [1.82, 2.24) is 4.98 Å². The van der Waals surface area contributed by atoms with E-state index in [1.54, 1.807) is 18.3 Å². The van der Waals surface area contributed by atoms with Gasteiger partial charge in [-0.1, -0.05) is 30.3 Å². The Balaban J connectivity index is 1.37. The molecule has 0 aliphatic carbocycles. The number of benzene rings is 3. The maximum absolute atomic E-state index is 13.0. The van der Waals surface area contributed by atoms with Crippen molar-refractivity contribution in [3.05, 3.63) is 95.6 Å². The molecule has 1 aromatic heterocycles. The maximum atomic E-state index is 13.0. The fraction of sp³-hybridized carbons (Fsp3) is 0. The molecule has 3 aromatic carbocycles. The van der Waals surface area contributed by atoms with Crippen LogP contribution in [0, 0.1) is 5.82 Å². The third-order valence-electron chi connectivity index (χ3n) is 4.14. The summed E-state index contributed by atoms with van der Waals surface area (Å²) in [6.45, 7) is 0. The van der Waals surface area contributed by atoms with Crippen LogP contribution in [0.2, 0.25) is 0 Å². The zero-order valence-corrected chi connectivity index (χ0v) is 17.6. The number of hydrazone groups is 1. The van der Waals surface area contributed by atoms with Gasteiger partial charge in [-0.15, -0.1) is 11.3 Å². The predicted molar refractivity (Wildman–Crippen MR) is 119 cm³/mol. The SMILES string of the molecule is O=S(=O)(Oc1ccc(/C=N\Nc2nc(-c3ccccc3)cs2)cc1)c1ccc(F)cc1. The molecule has 1 N–H and O–H groups in total. The number of halogens is 1. The second kappa shape index (κ2) is 9.07. The lowest BCUT2D eigenvalue weighted by molar-refractivity contribution is 0.486. The summed E-state index contributed by atoms with van der Waals surface area (Å²) in [5.74, 6) is -0.382. The second-order valence-corrected chi connectivity index (χ2v) is 8.74. The summed E-state index contributed by atoms with van der Waals surface area (Å²) >= 11 is 1.44. The van der Waals surface area contributed by atoms with E-state index >= 15 is 0 Å². The van der Waals surface area contributed by atoms with Crippen molar-refractivity contribution in [2.75, 3.05) is 5.43 Å². The van der Waals surface area contributed by atoms with Crippen LogP contribution in [0.1, 0.15) is 5.56 Å². The number of hydrogen-bond acceptors (Lipinski definition) is 7. The minimum Gasteiger partial charge on any atom is -0.379 e. The van der Waals surface area contributed by atoms with Crippen LogP contribution in [0.5, 0.6) is 5.75 Å². The summed E-state index contributed by atoms with van der Waals surface area (Å²) in [5.41, 5.74) is 5.51. The van der Waals surface area contributed by atoms with Gasteiger partial charge >= 0.3 is 10.1 Å². The smallest absolute Gasteiger partial charge is 0.339 e. The molecule has 1 heterocycles. The number of anilines is 1. The lowest BCUT2D eigenvalue weighted by Crippen LogP contribution is -2.09. The molecule has 0 unspecified atom stereocenters. The summed E-state index contributed by atoms with van der Waals surface area (Å²) < 4.78 is 42.6. The zero-order chi connectivity index (χ0) is 21.7. The van der Waals surface area contributed by atoms with Gasteiger partial charge in [0.05, 0.1) is 11.9 Å². The molecule has 31 heavy (non-hydrogen) atoms. The van der Waals surface area contributed by atoms with Gasteiger partial charge < -0.3 is 4.18 Å². The van der Waals surface area contributed by atoms with Crippen molar-refractivity contribution in [3.63, 3.8) is 0 Å². The topological polar surface area (TPSA) is 80.7 Å². The van der Waals surface area contributed by atoms with E-state index < -0.39 is 15.9 Å². The van der Waals surface area contributed by atoms with Gasteiger partial charge in [0.2, 0.25) is 5.13 Å². The third kappa shape index (κ3) is 5.33. The lowest BCUT2D eigenvalue weighted by Gasteiger charge is -2.07. The molecule has 0 spiro atoms. The highest BCUT2D eigenvalue weighted by Gasteiger charge is 2.16. The molecule has 4 aromatic rings. The predicted octanol–water partition coefficient (Wildman–Crippen LogP) is 5.16. The van der Waals surface area contributed by atoms with Gasteiger partial charge in [-0.3, -0.25) is 5.43 Å². The molecule has 9 heteroatoms. The van der Waals surface area contributed by atoms with Gasteiger partial charge in [0.15, 0.2) is 0 Å². The molecule has 156 valence electrons. The Labute approximate surface area is 182 Å². The van der Waals surface area contributed by atoms with E-state index in [1.807, 2.05) is 35.7 Å². The minimum atomic E-state index is -4.04.